The van der Waals surface area contributed by atoms with Gasteiger partial charge >= 0.3 is 12.0 Å². The minimum absolute atomic E-state index is 0.0388. The quantitative estimate of drug-likeness (QED) is 0.448. The van der Waals surface area contributed by atoms with Crippen LogP contribution in [-0.4, -0.2) is 42.1 Å². The van der Waals surface area contributed by atoms with Gasteiger partial charge in [-0.1, -0.05) is 19.4 Å². The van der Waals surface area contributed by atoms with Gasteiger partial charge < -0.3 is 15.7 Å². The Balaban J connectivity index is 3.74. The van der Waals surface area contributed by atoms with Crippen LogP contribution < -0.4 is 16.0 Å². The first-order valence-corrected chi connectivity index (χ1v) is 7.01. The zero-order chi connectivity index (χ0) is 16.3. The first kappa shape index (κ1) is 19.1. The molecule has 2 unspecified atom stereocenters. The lowest BCUT2D eigenvalue weighted by Crippen LogP contribution is -2.44. The van der Waals surface area contributed by atoms with Crippen molar-refractivity contribution in [3.8, 4) is 0 Å². The summed E-state index contributed by atoms with van der Waals surface area (Å²) >= 11 is 0. The third-order valence-electron chi connectivity index (χ3n) is 2.97. The van der Waals surface area contributed by atoms with Gasteiger partial charge in [-0.3, -0.25) is 14.9 Å². The molecular weight excluding hydrogens is 274 g/mol. The molecule has 0 aliphatic carbocycles. The molecule has 0 aromatic rings. The van der Waals surface area contributed by atoms with Crippen molar-refractivity contribution in [1.82, 2.24) is 16.0 Å². The van der Waals surface area contributed by atoms with Crippen LogP contribution in [0.4, 0.5) is 4.79 Å². The van der Waals surface area contributed by atoms with Gasteiger partial charge in [0.25, 0.3) is 0 Å². The summed E-state index contributed by atoms with van der Waals surface area (Å²) in [5, 5.41) is 16.4. The van der Waals surface area contributed by atoms with Crippen LogP contribution >= 0.6 is 0 Å². The SMILES string of the molecule is C=CCNC(=O)NC(=O)CNC(C)CCCC(C)C(=O)O. The number of carbonyl (C=O) groups is 3. The lowest BCUT2D eigenvalue weighted by atomic mass is 10.0. The second-order valence-corrected chi connectivity index (χ2v) is 5.00. The smallest absolute Gasteiger partial charge is 0.321 e. The van der Waals surface area contributed by atoms with Crippen LogP contribution in [0.25, 0.3) is 0 Å². The largest absolute Gasteiger partial charge is 0.481 e. The van der Waals surface area contributed by atoms with E-state index in [0.717, 1.165) is 12.8 Å². The number of carbonyl (C=O) groups excluding carboxylic acids is 2. The number of carboxylic acids is 1. The molecule has 120 valence electrons. The summed E-state index contributed by atoms with van der Waals surface area (Å²) < 4.78 is 0. The topological polar surface area (TPSA) is 108 Å². The predicted octanol–water partition coefficient (Wildman–Crippen LogP) is 0.867. The van der Waals surface area contributed by atoms with Crippen LogP contribution in [0.15, 0.2) is 12.7 Å². The van der Waals surface area contributed by atoms with E-state index in [4.69, 9.17) is 5.11 Å². The van der Waals surface area contributed by atoms with Crippen LogP contribution in [0, 0.1) is 5.92 Å². The van der Waals surface area contributed by atoms with E-state index >= 15 is 0 Å². The molecule has 7 heteroatoms. The summed E-state index contributed by atoms with van der Waals surface area (Å²) in [6.45, 7) is 7.37. The molecule has 0 aromatic heterocycles. The van der Waals surface area contributed by atoms with Crippen LogP contribution in [0.3, 0.4) is 0 Å². The standard InChI is InChI=1S/C14H25N3O4/c1-4-8-15-14(21)17-12(18)9-16-11(3)7-5-6-10(2)13(19)20/h4,10-11,16H,1,5-9H2,2-3H3,(H,19,20)(H2,15,17,18,21). The number of hydrogen-bond donors (Lipinski definition) is 4. The molecule has 21 heavy (non-hydrogen) atoms. The monoisotopic (exact) mass is 299 g/mol. The van der Waals surface area contributed by atoms with Crippen LogP contribution in [-0.2, 0) is 9.59 Å². The van der Waals surface area contributed by atoms with Crippen molar-refractivity contribution in [2.24, 2.45) is 5.92 Å². The average Bonchev–Trinajstić information content (AvgIpc) is 2.42. The van der Waals surface area contributed by atoms with Gasteiger partial charge in [-0.25, -0.2) is 4.79 Å². The second kappa shape index (κ2) is 10.8. The van der Waals surface area contributed by atoms with Gasteiger partial charge in [0.1, 0.15) is 0 Å². The Hall–Kier alpha value is -1.89. The molecule has 0 aliphatic rings. The summed E-state index contributed by atoms with van der Waals surface area (Å²) in [5.74, 6) is -1.56. The Morgan fingerprint density at radius 2 is 1.90 bits per heavy atom. The van der Waals surface area contributed by atoms with E-state index in [2.05, 4.69) is 22.5 Å². The molecule has 0 aromatic carbocycles. The molecule has 0 radical (unpaired) electrons. The molecule has 0 saturated carbocycles. The van der Waals surface area contributed by atoms with Crippen molar-refractivity contribution in [2.75, 3.05) is 13.1 Å². The van der Waals surface area contributed by atoms with Gasteiger partial charge in [-0.15, -0.1) is 6.58 Å². The zero-order valence-corrected chi connectivity index (χ0v) is 12.6. The van der Waals surface area contributed by atoms with Gasteiger partial charge in [0.05, 0.1) is 12.5 Å². The third kappa shape index (κ3) is 10.5. The van der Waals surface area contributed by atoms with Crippen molar-refractivity contribution in [2.45, 2.75) is 39.2 Å². The van der Waals surface area contributed by atoms with E-state index in [1.165, 1.54) is 6.08 Å². The Morgan fingerprint density at radius 3 is 2.48 bits per heavy atom. The fourth-order valence-electron chi connectivity index (χ4n) is 1.60. The van der Waals surface area contributed by atoms with Crippen molar-refractivity contribution in [1.29, 1.82) is 0 Å². The normalized spacial score (nSPS) is 13.0. The number of urea groups is 1. The molecule has 2 atom stereocenters. The Morgan fingerprint density at radius 1 is 1.24 bits per heavy atom. The molecule has 0 fully saturated rings. The molecule has 0 spiro atoms. The molecule has 0 bridgehead atoms. The van der Waals surface area contributed by atoms with Crippen molar-refractivity contribution in [3.63, 3.8) is 0 Å². The number of rotatable bonds is 10. The number of nitrogens with one attached hydrogen (secondary N) is 3. The summed E-state index contributed by atoms with van der Waals surface area (Å²) in [4.78, 5) is 33.3. The molecule has 0 heterocycles. The van der Waals surface area contributed by atoms with E-state index in [9.17, 15) is 14.4 Å². The van der Waals surface area contributed by atoms with Crippen LogP contribution in [0.2, 0.25) is 0 Å². The maximum atomic E-state index is 11.5. The molecule has 0 saturated heterocycles. The zero-order valence-electron chi connectivity index (χ0n) is 12.6. The third-order valence-corrected chi connectivity index (χ3v) is 2.97. The maximum absolute atomic E-state index is 11.5. The van der Waals surface area contributed by atoms with Gasteiger partial charge in [0.2, 0.25) is 5.91 Å². The molecular formula is C14H25N3O4. The van der Waals surface area contributed by atoms with Crippen molar-refractivity contribution in [3.05, 3.63) is 12.7 Å². The summed E-state index contributed by atoms with van der Waals surface area (Å²) in [7, 11) is 0. The van der Waals surface area contributed by atoms with E-state index in [1.54, 1.807) is 6.92 Å². The highest BCUT2D eigenvalue weighted by atomic mass is 16.4. The lowest BCUT2D eigenvalue weighted by molar-refractivity contribution is -0.141. The highest BCUT2D eigenvalue weighted by Gasteiger charge is 2.12. The summed E-state index contributed by atoms with van der Waals surface area (Å²) in [5.41, 5.74) is 0. The average molecular weight is 299 g/mol. The van der Waals surface area contributed by atoms with E-state index in [-0.39, 0.29) is 18.5 Å². The first-order valence-electron chi connectivity index (χ1n) is 7.01. The molecule has 0 rings (SSSR count). The lowest BCUT2D eigenvalue weighted by Gasteiger charge is -2.14. The fourth-order valence-corrected chi connectivity index (χ4v) is 1.60. The molecule has 7 nitrogen and oxygen atoms in total. The summed E-state index contributed by atoms with van der Waals surface area (Å²) in [6.07, 6.45) is 3.66. The first-order chi connectivity index (χ1) is 9.86. The Labute approximate surface area is 125 Å². The van der Waals surface area contributed by atoms with E-state index in [0.29, 0.717) is 13.0 Å². The number of carboxylic acid groups (broad SMARTS) is 1. The highest BCUT2D eigenvalue weighted by Crippen LogP contribution is 2.09. The number of imide groups is 1. The van der Waals surface area contributed by atoms with Crippen molar-refractivity contribution >= 4 is 17.9 Å². The Kier molecular flexibility index (Phi) is 9.87. The van der Waals surface area contributed by atoms with Gasteiger partial charge in [0.15, 0.2) is 0 Å². The second-order valence-electron chi connectivity index (χ2n) is 5.00. The minimum Gasteiger partial charge on any atom is -0.481 e. The van der Waals surface area contributed by atoms with Gasteiger partial charge in [-0.05, 0) is 19.8 Å². The maximum Gasteiger partial charge on any atom is 0.321 e. The van der Waals surface area contributed by atoms with Crippen LogP contribution in [0.5, 0.6) is 0 Å². The van der Waals surface area contributed by atoms with Crippen LogP contribution in [0.1, 0.15) is 33.1 Å². The summed E-state index contributed by atoms with van der Waals surface area (Å²) in [6, 6.07) is -0.474. The molecule has 3 amide bonds. The van der Waals surface area contributed by atoms with Gasteiger partial charge in [0, 0.05) is 12.6 Å². The molecule has 0 aliphatic heterocycles. The predicted molar refractivity (Wildman–Crippen MR) is 79.9 cm³/mol. The molecule has 4 N–H and O–H groups in total. The number of aliphatic carboxylic acids is 1. The van der Waals surface area contributed by atoms with Crippen molar-refractivity contribution < 1.29 is 19.5 Å². The van der Waals surface area contributed by atoms with E-state index < -0.39 is 17.9 Å². The van der Waals surface area contributed by atoms with Gasteiger partial charge in [-0.2, -0.15) is 0 Å². The number of hydrogen-bond acceptors (Lipinski definition) is 4. The number of amides is 3. The Bertz CT molecular complexity index is 371. The minimum atomic E-state index is -0.791. The fraction of sp³-hybridized carbons (Fsp3) is 0.643. The van der Waals surface area contributed by atoms with E-state index in [1.807, 2.05) is 6.92 Å². The highest BCUT2D eigenvalue weighted by molar-refractivity contribution is 5.95.